The predicted octanol–water partition coefficient (Wildman–Crippen LogP) is 3.60. The number of rotatable bonds is 3. The van der Waals surface area contributed by atoms with Crippen molar-refractivity contribution in [3.63, 3.8) is 0 Å². The molecule has 0 spiro atoms. The average molecular weight is 350 g/mol. The number of hydrogen-bond acceptors (Lipinski definition) is 6. The van der Waals surface area contributed by atoms with Crippen LogP contribution in [0.4, 0.5) is 18.3 Å². The molecule has 0 unspecified atom stereocenters. The van der Waals surface area contributed by atoms with E-state index in [1.165, 1.54) is 13.1 Å². The highest BCUT2D eigenvalue weighted by Gasteiger charge is 2.33. The molecule has 22 heavy (non-hydrogen) atoms. The number of alkyl halides is 3. The van der Waals surface area contributed by atoms with Gasteiger partial charge in [-0.2, -0.15) is 0 Å². The largest absolute Gasteiger partial charge is 0.573 e. The number of carbonyl (C=O) groups excluding carboxylic acids is 1. The van der Waals surface area contributed by atoms with Crippen LogP contribution in [-0.2, 0) is 0 Å². The van der Waals surface area contributed by atoms with Gasteiger partial charge in [0.1, 0.15) is 0 Å². The molecule has 10 heteroatoms. The number of benzene rings is 1. The summed E-state index contributed by atoms with van der Waals surface area (Å²) in [5, 5.41) is 12.5. The number of anilines is 1. The van der Waals surface area contributed by atoms with Crippen LogP contribution in [0.25, 0.3) is 0 Å². The monoisotopic (exact) mass is 350 g/mol. The average Bonchev–Trinajstić information content (AvgIpc) is 2.79. The van der Waals surface area contributed by atoms with Crippen LogP contribution in [0.3, 0.4) is 0 Å². The summed E-state index contributed by atoms with van der Waals surface area (Å²) in [4.78, 5) is 15.9. The Hall–Kier alpha value is -1.94. The second-order valence-electron chi connectivity index (χ2n) is 4.09. The van der Waals surface area contributed by atoms with Gasteiger partial charge in [0.05, 0.1) is 10.4 Å². The summed E-state index contributed by atoms with van der Waals surface area (Å²) in [6.07, 6.45) is -3.49. The van der Waals surface area contributed by atoms with E-state index < -0.39 is 23.8 Å². The van der Waals surface area contributed by atoms with Crippen molar-refractivity contribution >= 4 is 35.0 Å². The number of thiol groups is 1. The minimum Gasteiger partial charge on any atom is -0.504 e. The van der Waals surface area contributed by atoms with Gasteiger partial charge in [-0.05, 0) is 19.1 Å². The van der Waals surface area contributed by atoms with Crippen molar-refractivity contribution in [2.45, 2.75) is 17.5 Å². The standard InChI is InChI=1S/C12H9F3N2O3S2/c1-5-6(10(19)17-11-16-4-8(21)22-11)2-3-7(9(5)18)20-12(13,14)15/h2-4,18,21H,1H3,(H,16,17,19). The van der Waals surface area contributed by atoms with Crippen molar-refractivity contribution in [3.8, 4) is 11.5 Å². The number of aromatic hydroxyl groups is 1. The number of halogens is 3. The smallest absolute Gasteiger partial charge is 0.504 e. The second-order valence-corrected chi connectivity index (χ2v) is 5.91. The summed E-state index contributed by atoms with van der Waals surface area (Å²) < 4.78 is 40.8. The summed E-state index contributed by atoms with van der Waals surface area (Å²) in [5.74, 6) is -2.14. The van der Waals surface area contributed by atoms with E-state index in [4.69, 9.17) is 0 Å². The predicted molar refractivity (Wildman–Crippen MR) is 76.8 cm³/mol. The minimum atomic E-state index is -4.93. The van der Waals surface area contributed by atoms with Crippen LogP contribution in [0.5, 0.6) is 11.5 Å². The molecule has 1 aromatic carbocycles. The Bertz CT molecular complexity index is 716. The van der Waals surface area contributed by atoms with E-state index in [0.29, 0.717) is 4.21 Å². The number of nitrogens with one attached hydrogen (secondary N) is 1. The molecule has 0 saturated heterocycles. The van der Waals surface area contributed by atoms with Gasteiger partial charge in [-0.25, -0.2) is 4.98 Å². The van der Waals surface area contributed by atoms with Crippen LogP contribution in [0.1, 0.15) is 15.9 Å². The van der Waals surface area contributed by atoms with E-state index in [9.17, 15) is 23.1 Å². The molecule has 2 aromatic rings. The quantitative estimate of drug-likeness (QED) is 0.740. The topological polar surface area (TPSA) is 71.5 Å². The number of phenolic OH excluding ortho intramolecular Hbond substituents is 1. The van der Waals surface area contributed by atoms with Crippen LogP contribution in [-0.4, -0.2) is 22.4 Å². The number of thiazole rings is 1. The molecule has 0 fully saturated rings. The number of aromatic nitrogens is 1. The molecular formula is C12H9F3N2O3S2. The number of hydrogen-bond donors (Lipinski definition) is 3. The van der Waals surface area contributed by atoms with Crippen molar-refractivity contribution in [2.75, 3.05) is 5.32 Å². The highest BCUT2D eigenvalue weighted by molar-refractivity contribution is 7.83. The maximum Gasteiger partial charge on any atom is 0.573 e. The second kappa shape index (κ2) is 6.05. The zero-order valence-electron chi connectivity index (χ0n) is 10.9. The molecule has 0 saturated carbocycles. The lowest BCUT2D eigenvalue weighted by Gasteiger charge is -2.13. The Kier molecular flexibility index (Phi) is 4.52. The van der Waals surface area contributed by atoms with E-state index in [2.05, 4.69) is 27.7 Å². The number of nitrogens with zero attached hydrogens (tertiary/aromatic N) is 1. The lowest BCUT2D eigenvalue weighted by atomic mass is 10.1. The third kappa shape index (κ3) is 3.83. The molecule has 1 amide bonds. The van der Waals surface area contributed by atoms with Gasteiger partial charge in [-0.15, -0.1) is 25.8 Å². The van der Waals surface area contributed by atoms with Gasteiger partial charge in [0, 0.05) is 11.1 Å². The highest BCUT2D eigenvalue weighted by Crippen LogP contribution is 2.35. The number of carbonyl (C=O) groups is 1. The van der Waals surface area contributed by atoms with Gasteiger partial charge >= 0.3 is 6.36 Å². The fourth-order valence-corrected chi connectivity index (χ4v) is 2.49. The van der Waals surface area contributed by atoms with E-state index in [1.807, 2.05) is 0 Å². The van der Waals surface area contributed by atoms with E-state index in [1.54, 1.807) is 0 Å². The normalized spacial score (nSPS) is 11.3. The van der Waals surface area contributed by atoms with Crippen LogP contribution in [0, 0.1) is 6.92 Å². The maximum absolute atomic E-state index is 12.2. The van der Waals surface area contributed by atoms with Gasteiger partial charge in [-0.1, -0.05) is 11.3 Å². The molecule has 1 heterocycles. The minimum absolute atomic E-state index is 0.00272. The van der Waals surface area contributed by atoms with Crippen LogP contribution < -0.4 is 10.1 Å². The molecule has 1 aromatic heterocycles. The van der Waals surface area contributed by atoms with Crippen molar-refractivity contribution in [3.05, 3.63) is 29.5 Å². The Morgan fingerprint density at radius 3 is 2.68 bits per heavy atom. The molecule has 2 rings (SSSR count). The van der Waals surface area contributed by atoms with Gasteiger partial charge in [0.2, 0.25) is 0 Å². The van der Waals surface area contributed by atoms with Crippen molar-refractivity contribution < 1.29 is 27.8 Å². The van der Waals surface area contributed by atoms with Crippen LogP contribution >= 0.6 is 24.0 Å². The Labute approximate surface area is 132 Å². The first kappa shape index (κ1) is 16.4. The van der Waals surface area contributed by atoms with Gasteiger partial charge < -0.3 is 9.84 Å². The molecule has 5 nitrogen and oxygen atoms in total. The van der Waals surface area contributed by atoms with E-state index >= 15 is 0 Å². The maximum atomic E-state index is 12.2. The molecule has 0 bridgehead atoms. The van der Waals surface area contributed by atoms with E-state index in [-0.39, 0.29) is 16.3 Å². The molecule has 2 N–H and O–H groups in total. The van der Waals surface area contributed by atoms with Gasteiger partial charge in [0.25, 0.3) is 5.91 Å². The summed E-state index contributed by atoms with van der Waals surface area (Å²) in [6, 6.07) is 2.00. The van der Waals surface area contributed by atoms with Crippen LogP contribution in [0.15, 0.2) is 22.5 Å². The molecule has 0 aliphatic heterocycles. The third-order valence-corrected chi connectivity index (χ3v) is 3.68. The Morgan fingerprint density at radius 1 is 1.45 bits per heavy atom. The zero-order valence-corrected chi connectivity index (χ0v) is 12.6. The fourth-order valence-electron chi connectivity index (χ4n) is 1.62. The van der Waals surface area contributed by atoms with Crippen molar-refractivity contribution in [1.82, 2.24) is 4.98 Å². The SMILES string of the molecule is Cc1c(C(=O)Nc2ncc(S)s2)ccc(OC(F)(F)F)c1O. The van der Waals surface area contributed by atoms with Crippen molar-refractivity contribution in [2.24, 2.45) is 0 Å². The number of ether oxygens (including phenoxy) is 1. The lowest BCUT2D eigenvalue weighted by molar-refractivity contribution is -0.275. The Morgan fingerprint density at radius 2 is 2.14 bits per heavy atom. The number of phenols is 1. The summed E-state index contributed by atoms with van der Waals surface area (Å²) in [7, 11) is 0. The molecule has 118 valence electrons. The van der Waals surface area contributed by atoms with Crippen molar-refractivity contribution in [1.29, 1.82) is 0 Å². The Balaban J connectivity index is 2.25. The number of amides is 1. The molecule has 0 aliphatic rings. The van der Waals surface area contributed by atoms with Gasteiger partial charge in [0.15, 0.2) is 16.6 Å². The first-order valence-corrected chi connectivity index (χ1v) is 6.98. The molecular weight excluding hydrogens is 341 g/mol. The fraction of sp³-hybridized carbons (Fsp3) is 0.167. The van der Waals surface area contributed by atoms with E-state index in [0.717, 1.165) is 23.5 Å². The summed E-state index contributed by atoms with van der Waals surface area (Å²) in [5.41, 5.74) is -0.0372. The lowest BCUT2D eigenvalue weighted by Crippen LogP contribution is -2.18. The highest BCUT2D eigenvalue weighted by atomic mass is 32.2. The van der Waals surface area contributed by atoms with Gasteiger partial charge in [-0.3, -0.25) is 10.1 Å². The summed E-state index contributed by atoms with van der Waals surface area (Å²) >= 11 is 5.16. The third-order valence-electron chi connectivity index (χ3n) is 2.58. The molecule has 0 atom stereocenters. The molecule has 0 aliphatic carbocycles. The first-order chi connectivity index (χ1) is 10.2. The zero-order chi connectivity index (χ0) is 16.5. The molecule has 0 radical (unpaired) electrons. The van der Waals surface area contributed by atoms with Crippen LogP contribution in [0.2, 0.25) is 0 Å². The first-order valence-electron chi connectivity index (χ1n) is 5.72. The summed E-state index contributed by atoms with van der Waals surface area (Å²) in [6.45, 7) is 1.30.